The first-order valence-corrected chi connectivity index (χ1v) is 8.58. The number of carbonyl (C=O) groups is 1. The van der Waals surface area contributed by atoms with E-state index >= 15 is 0 Å². The molecule has 0 saturated heterocycles. The van der Waals surface area contributed by atoms with E-state index in [0.29, 0.717) is 22.6 Å². The smallest absolute Gasteiger partial charge is 0.193 e. The molecule has 0 bridgehead atoms. The van der Waals surface area contributed by atoms with E-state index in [1.54, 1.807) is 44.2 Å². The molecule has 0 atom stereocenters. The van der Waals surface area contributed by atoms with Crippen molar-refractivity contribution in [3.63, 3.8) is 0 Å². The number of allylic oxidation sites excluding steroid dienone is 1. The van der Waals surface area contributed by atoms with Crippen LogP contribution in [0.25, 0.3) is 6.08 Å². The maximum Gasteiger partial charge on any atom is 0.193 e. The van der Waals surface area contributed by atoms with Gasteiger partial charge in [0.1, 0.15) is 22.8 Å². The number of nitrogens with two attached hydrogens (primary N) is 1. The van der Waals surface area contributed by atoms with Crippen LogP contribution < -0.4 is 15.2 Å². The third-order valence-corrected chi connectivity index (χ3v) is 4.09. The molecule has 0 aliphatic heterocycles. The zero-order valence-corrected chi connectivity index (χ0v) is 16.4. The monoisotopic (exact) mass is 387 g/mol. The van der Waals surface area contributed by atoms with Crippen molar-refractivity contribution in [2.24, 2.45) is 0 Å². The lowest BCUT2D eigenvalue weighted by Crippen LogP contribution is -2.10. The molecule has 2 rings (SSSR count). The molecule has 0 spiro atoms. The number of ketones is 1. The zero-order chi connectivity index (χ0) is 20.7. The highest BCUT2D eigenvalue weighted by molar-refractivity contribution is 6.11. The van der Waals surface area contributed by atoms with E-state index in [-0.39, 0.29) is 30.6 Å². The van der Waals surface area contributed by atoms with Crippen molar-refractivity contribution in [1.82, 2.24) is 0 Å². The molecule has 7 nitrogen and oxygen atoms in total. The van der Waals surface area contributed by atoms with Crippen molar-refractivity contribution in [2.75, 3.05) is 33.5 Å². The van der Waals surface area contributed by atoms with Crippen LogP contribution in [-0.2, 0) is 9.47 Å². The average Bonchev–Trinajstić information content (AvgIpc) is 2.69. The van der Waals surface area contributed by atoms with Crippen LogP contribution in [0.4, 0.5) is 5.69 Å². The molecule has 28 heavy (non-hydrogen) atoms. The quantitative estimate of drug-likeness (QED) is 0.294. The van der Waals surface area contributed by atoms with Gasteiger partial charge in [0.05, 0.1) is 0 Å². The van der Waals surface area contributed by atoms with Gasteiger partial charge in [-0.15, -0.1) is 0 Å². The van der Waals surface area contributed by atoms with Gasteiger partial charge in [-0.3, -0.25) is 4.79 Å². The Labute approximate surface area is 164 Å². The molecular weight excluding hydrogens is 362 g/mol. The highest BCUT2D eigenvalue weighted by atomic mass is 16.7. The van der Waals surface area contributed by atoms with E-state index in [0.717, 1.165) is 5.56 Å². The number of phenolic OH excluding ortho intramolecular Hbond substituents is 1. The summed E-state index contributed by atoms with van der Waals surface area (Å²) in [7, 11) is 2.96. The van der Waals surface area contributed by atoms with E-state index in [2.05, 4.69) is 0 Å². The first-order chi connectivity index (χ1) is 13.4. The van der Waals surface area contributed by atoms with Gasteiger partial charge in [0.25, 0.3) is 0 Å². The van der Waals surface area contributed by atoms with Crippen molar-refractivity contribution in [3.05, 3.63) is 52.6 Å². The third kappa shape index (κ3) is 4.82. The minimum atomic E-state index is -0.412. The largest absolute Gasteiger partial charge is 0.507 e. The number of rotatable bonds is 9. The van der Waals surface area contributed by atoms with E-state index in [9.17, 15) is 9.90 Å². The number of phenols is 1. The molecule has 0 radical (unpaired) electrons. The average molecular weight is 387 g/mol. The summed E-state index contributed by atoms with van der Waals surface area (Å²) in [4.78, 5) is 12.9. The van der Waals surface area contributed by atoms with Crippen LogP contribution in [0.3, 0.4) is 0 Å². The Bertz CT molecular complexity index is 858. The van der Waals surface area contributed by atoms with Gasteiger partial charge in [0.2, 0.25) is 0 Å². The van der Waals surface area contributed by atoms with Crippen LogP contribution >= 0.6 is 0 Å². The van der Waals surface area contributed by atoms with Gasteiger partial charge < -0.3 is 29.8 Å². The van der Waals surface area contributed by atoms with Crippen LogP contribution in [0.1, 0.15) is 27.0 Å². The van der Waals surface area contributed by atoms with Crippen molar-refractivity contribution < 1.29 is 28.8 Å². The second-order valence-electron chi connectivity index (χ2n) is 6.10. The summed E-state index contributed by atoms with van der Waals surface area (Å²) in [5, 5.41) is 10.7. The summed E-state index contributed by atoms with van der Waals surface area (Å²) in [5.74, 6) is -0.0350. The van der Waals surface area contributed by atoms with E-state index in [1.807, 2.05) is 0 Å². The molecular formula is C21H25NO6. The summed E-state index contributed by atoms with van der Waals surface area (Å²) in [6.07, 6.45) is 3.01. The Morgan fingerprint density at radius 1 is 1.00 bits per heavy atom. The Balaban J connectivity index is 2.47. The van der Waals surface area contributed by atoms with Crippen LogP contribution in [0.15, 0.2) is 30.3 Å². The maximum absolute atomic E-state index is 12.9. The fraction of sp³-hybridized carbons (Fsp3) is 0.286. The van der Waals surface area contributed by atoms with Crippen molar-refractivity contribution >= 4 is 17.5 Å². The van der Waals surface area contributed by atoms with Crippen molar-refractivity contribution in [3.8, 4) is 17.2 Å². The molecule has 0 fully saturated rings. The molecule has 0 aliphatic rings. The van der Waals surface area contributed by atoms with Crippen LogP contribution in [0, 0.1) is 13.8 Å². The number of benzene rings is 2. The van der Waals surface area contributed by atoms with Gasteiger partial charge in [0.15, 0.2) is 19.4 Å². The molecule has 0 saturated carbocycles. The van der Waals surface area contributed by atoms with Crippen LogP contribution in [-0.4, -0.2) is 38.7 Å². The van der Waals surface area contributed by atoms with Crippen molar-refractivity contribution in [1.29, 1.82) is 0 Å². The van der Waals surface area contributed by atoms with Gasteiger partial charge >= 0.3 is 0 Å². The van der Waals surface area contributed by atoms with Crippen LogP contribution in [0.2, 0.25) is 0 Å². The predicted molar refractivity (Wildman–Crippen MR) is 107 cm³/mol. The van der Waals surface area contributed by atoms with Gasteiger partial charge in [-0.25, -0.2) is 0 Å². The number of aromatic hydroxyl groups is 1. The van der Waals surface area contributed by atoms with Crippen molar-refractivity contribution in [2.45, 2.75) is 13.8 Å². The number of nitrogen functional groups attached to an aromatic ring is 1. The van der Waals surface area contributed by atoms with Gasteiger partial charge in [-0.2, -0.15) is 0 Å². The molecule has 0 heterocycles. The summed E-state index contributed by atoms with van der Waals surface area (Å²) >= 11 is 0. The second-order valence-corrected chi connectivity index (χ2v) is 6.10. The lowest BCUT2D eigenvalue weighted by atomic mass is 9.98. The Morgan fingerprint density at radius 2 is 1.57 bits per heavy atom. The predicted octanol–water partition coefficient (Wildman–Crippen LogP) is 3.45. The molecule has 7 heteroatoms. The Kier molecular flexibility index (Phi) is 7.43. The number of hydrogen-bond donors (Lipinski definition) is 2. The summed E-state index contributed by atoms with van der Waals surface area (Å²) in [6.45, 7) is 3.31. The number of hydrogen-bond acceptors (Lipinski definition) is 7. The number of ether oxygens (including phenoxy) is 4. The molecule has 2 aromatic carbocycles. The highest BCUT2D eigenvalue weighted by Gasteiger charge is 2.25. The number of carbonyl (C=O) groups excluding carboxylic acids is 1. The topological polar surface area (TPSA) is 100 Å². The maximum atomic E-state index is 12.9. The second kappa shape index (κ2) is 9.77. The normalized spacial score (nSPS) is 11.0. The van der Waals surface area contributed by atoms with E-state index in [4.69, 9.17) is 24.7 Å². The lowest BCUT2D eigenvalue weighted by Gasteiger charge is -2.20. The van der Waals surface area contributed by atoms with Gasteiger partial charge in [-0.05, 0) is 37.6 Å². The van der Waals surface area contributed by atoms with Crippen LogP contribution in [0.5, 0.6) is 17.2 Å². The van der Waals surface area contributed by atoms with E-state index < -0.39 is 5.78 Å². The summed E-state index contributed by atoms with van der Waals surface area (Å²) in [6, 6.07) is 7.06. The van der Waals surface area contributed by atoms with Gasteiger partial charge in [-0.1, -0.05) is 18.2 Å². The highest BCUT2D eigenvalue weighted by Crippen LogP contribution is 2.42. The standard InChI is InChI=1S/C21H25NO6/c1-13-19(24)18(17(23)10-7-15-5-8-16(22)9-6-15)21(28-12-26-4)14(2)20(13)27-11-25-3/h5-10,24H,11-12,22H2,1-4H3/b10-7+. The minimum absolute atomic E-state index is 0.00479. The number of anilines is 1. The molecule has 150 valence electrons. The first-order valence-electron chi connectivity index (χ1n) is 8.58. The minimum Gasteiger partial charge on any atom is -0.507 e. The fourth-order valence-corrected chi connectivity index (χ4v) is 2.70. The summed E-state index contributed by atoms with van der Waals surface area (Å²) < 4.78 is 21.0. The molecule has 0 aliphatic carbocycles. The Morgan fingerprint density at radius 3 is 2.14 bits per heavy atom. The van der Waals surface area contributed by atoms with E-state index in [1.165, 1.54) is 20.3 Å². The third-order valence-electron chi connectivity index (χ3n) is 4.09. The molecule has 3 N–H and O–H groups in total. The molecule has 0 amide bonds. The number of methoxy groups -OCH3 is 2. The molecule has 0 unspecified atom stereocenters. The Hall–Kier alpha value is -3.03. The zero-order valence-electron chi connectivity index (χ0n) is 16.4. The summed E-state index contributed by atoms with van der Waals surface area (Å²) in [5.41, 5.74) is 8.13. The lowest BCUT2D eigenvalue weighted by molar-refractivity contribution is 0.0439. The SMILES string of the molecule is COCOc1c(C)c(O)c(C(=O)/C=C/c2ccc(N)cc2)c(OCOC)c1C. The molecule has 2 aromatic rings. The first kappa shape index (κ1) is 21.3. The van der Waals surface area contributed by atoms with Gasteiger partial charge in [0, 0.05) is 31.0 Å². The fourth-order valence-electron chi connectivity index (χ4n) is 2.70. The molecule has 0 aromatic heterocycles.